The van der Waals surface area contributed by atoms with Crippen LogP contribution in [-0.4, -0.2) is 33.2 Å². The smallest absolute Gasteiger partial charge is 0.306 e. The Balaban J connectivity index is 2.13. The van der Waals surface area contributed by atoms with E-state index in [1.807, 2.05) is 60.7 Å². The zero-order chi connectivity index (χ0) is 21.1. The fraction of sp³-hybridized carbons (Fsp3) is 0.227. The molecule has 0 spiro atoms. The minimum Gasteiger partial charge on any atom is -0.326 e. The van der Waals surface area contributed by atoms with Gasteiger partial charge in [0.25, 0.3) is 0 Å². The third kappa shape index (κ3) is 4.17. The maximum Gasteiger partial charge on any atom is 0.306 e. The largest absolute Gasteiger partial charge is 0.326 e. The molecule has 0 saturated heterocycles. The summed E-state index contributed by atoms with van der Waals surface area (Å²) in [6, 6.07) is 15.0. The van der Waals surface area contributed by atoms with Gasteiger partial charge in [0.05, 0.1) is 5.75 Å². The van der Waals surface area contributed by atoms with Gasteiger partial charge in [-0.15, -0.1) is 0 Å². The zero-order valence-corrected chi connectivity index (χ0v) is 17.4. The van der Waals surface area contributed by atoms with Gasteiger partial charge in [0, 0.05) is 36.9 Å². The molecular weight excluding hydrogens is 386 g/mol. The van der Waals surface area contributed by atoms with Crippen molar-refractivity contribution in [3.05, 3.63) is 72.5 Å². The fourth-order valence-corrected chi connectivity index (χ4v) is 5.02. The van der Waals surface area contributed by atoms with Crippen molar-refractivity contribution in [1.82, 2.24) is 3.89 Å². The van der Waals surface area contributed by atoms with Crippen molar-refractivity contribution >= 4 is 27.3 Å². The summed E-state index contributed by atoms with van der Waals surface area (Å²) in [7, 11) is -3.50. The van der Waals surface area contributed by atoms with Gasteiger partial charge in [-0.1, -0.05) is 30.3 Å². The van der Waals surface area contributed by atoms with Gasteiger partial charge in [-0.25, -0.2) is 0 Å². The van der Waals surface area contributed by atoms with Crippen LogP contribution in [0.15, 0.2) is 72.5 Å². The molecule has 0 bridgehead atoms. The highest BCUT2D eigenvalue weighted by Gasteiger charge is 2.42. The Labute approximate surface area is 172 Å². The lowest BCUT2D eigenvalue weighted by atomic mass is 10.0. The van der Waals surface area contributed by atoms with Crippen LogP contribution >= 0.6 is 0 Å². The average molecular weight is 413 g/mol. The summed E-state index contributed by atoms with van der Waals surface area (Å²) in [5, 5.41) is 2.78. The van der Waals surface area contributed by atoms with Gasteiger partial charge in [0.1, 0.15) is 12.7 Å². The molecule has 1 unspecified atom stereocenters. The average Bonchev–Trinajstić information content (AvgIpc) is 2.73. The lowest BCUT2D eigenvalue weighted by Gasteiger charge is -2.34. The number of nitrogens with zero attached hydrogens (tertiary/aromatic N) is 1. The molecule has 2 aromatic carbocycles. The molecule has 2 aromatic rings. The topological polar surface area (TPSA) is 89.3 Å². The minimum atomic E-state index is -3.50. The first-order valence-corrected chi connectivity index (χ1v) is 11.1. The molecule has 1 atom stereocenters. The van der Waals surface area contributed by atoms with Crippen LogP contribution in [-0.2, 0) is 14.8 Å². The summed E-state index contributed by atoms with van der Waals surface area (Å²) in [5.41, 5.74) is 9.70. The highest BCUT2D eigenvalue weighted by atomic mass is 32.2. The number of hydrogen-bond donors (Lipinski definition) is 2. The van der Waals surface area contributed by atoms with Gasteiger partial charge in [0.2, 0.25) is 5.91 Å². The summed E-state index contributed by atoms with van der Waals surface area (Å²) in [6.45, 7) is 3.70. The zero-order valence-electron chi connectivity index (χ0n) is 16.6. The Morgan fingerprint density at radius 1 is 1.14 bits per heavy atom. The lowest BCUT2D eigenvalue weighted by molar-refractivity contribution is -0.114. The third-order valence-corrected chi connectivity index (χ3v) is 7.17. The highest BCUT2D eigenvalue weighted by Crippen LogP contribution is 2.35. The predicted molar refractivity (Wildman–Crippen MR) is 119 cm³/mol. The Bertz CT molecular complexity index is 1090. The van der Waals surface area contributed by atoms with Crippen LogP contribution in [0.25, 0.3) is 11.1 Å². The molecule has 0 aromatic heterocycles. The first-order valence-electron chi connectivity index (χ1n) is 9.49. The van der Waals surface area contributed by atoms with Gasteiger partial charge in [-0.05, 0) is 36.3 Å². The second-order valence-corrected chi connectivity index (χ2v) is 9.36. The van der Waals surface area contributed by atoms with Crippen molar-refractivity contribution in [3.8, 4) is 11.1 Å². The lowest BCUT2D eigenvalue weighted by Crippen LogP contribution is -2.51. The normalized spacial score (nSPS) is 18.9. The molecule has 1 amide bonds. The van der Waals surface area contributed by atoms with E-state index >= 15 is 0 Å². The van der Waals surface area contributed by atoms with Gasteiger partial charge in [-0.2, -0.15) is 12.3 Å². The second kappa shape index (κ2) is 8.32. The van der Waals surface area contributed by atoms with Crippen LogP contribution in [0.1, 0.15) is 13.8 Å². The van der Waals surface area contributed by atoms with Crippen molar-refractivity contribution in [2.75, 3.05) is 24.2 Å². The van der Waals surface area contributed by atoms with Gasteiger partial charge in [-0.3, -0.25) is 4.79 Å². The van der Waals surface area contributed by atoms with Crippen LogP contribution in [0.3, 0.4) is 0 Å². The number of sulfonamides is 1. The summed E-state index contributed by atoms with van der Waals surface area (Å²) in [5.74, 6) is -0.133. The van der Waals surface area contributed by atoms with E-state index in [1.165, 1.54) is 6.92 Å². The quantitative estimate of drug-likeness (QED) is 0.712. The molecule has 1 heterocycles. The van der Waals surface area contributed by atoms with E-state index in [4.69, 9.17) is 5.73 Å². The SMILES string of the molecule is CCS(=O)(=O)[N+]1(c2cccc(-c3cccc(NC(C)=O)c3)c2)C=C(CN)C=CC1. The Kier molecular flexibility index (Phi) is 6.02. The maximum absolute atomic E-state index is 13.2. The molecule has 7 heteroatoms. The number of nitrogens with one attached hydrogen (secondary N) is 1. The van der Waals surface area contributed by atoms with Crippen molar-refractivity contribution < 1.29 is 13.2 Å². The molecule has 1 aliphatic rings. The number of nitrogens with two attached hydrogens (primary N) is 1. The number of quaternary nitrogens is 1. The molecule has 0 radical (unpaired) electrons. The van der Waals surface area contributed by atoms with Gasteiger partial charge < -0.3 is 11.1 Å². The van der Waals surface area contributed by atoms with E-state index in [-0.39, 0.29) is 22.1 Å². The number of anilines is 1. The summed E-state index contributed by atoms with van der Waals surface area (Å²) >= 11 is 0. The van der Waals surface area contributed by atoms with E-state index in [1.54, 1.807) is 13.1 Å². The standard InChI is InChI=1S/C22H25N3O3S/c1-3-29(27,28)25(12-6-7-18(15-23)16-25)22-11-5-9-20(14-22)19-8-4-10-21(13-19)24-17(2)26/h4-11,13-14,16H,3,12,15,23H2,1-2H3/p+1. The molecule has 1 aliphatic heterocycles. The van der Waals surface area contributed by atoms with Crippen molar-refractivity contribution in [3.63, 3.8) is 0 Å². The molecule has 0 saturated carbocycles. The number of hydrogen-bond acceptors (Lipinski definition) is 4. The van der Waals surface area contributed by atoms with Crippen LogP contribution in [0, 0.1) is 0 Å². The van der Waals surface area contributed by atoms with E-state index in [9.17, 15) is 13.2 Å². The van der Waals surface area contributed by atoms with E-state index in [0.29, 0.717) is 17.9 Å². The molecule has 0 fully saturated rings. The number of carbonyl (C=O) groups excluding carboxylic acids is 1. The molecular formula is C22H26N3O3S+. The summed E-state index contributed by atoms with van der Waals surface area (Å²) in [6.07, 6.45) is 5.48. The van der Waals surface area contributed by atoms with E-state index in [2.05, 4.69) is 5.32 Å². The van der Waals surface area contributed by atoms with Gasteiger partial charge in [0.15, 0.2) is 5.69 Å². The number of amides is 1. The predicted octanol–water partition coefficient (Wildman–Crippen LogP) is 3.38. The van der Waals surface area contributed by atoms with E-state index in [0.717, 1.165) is 16.7 Å². The Morgan fingerprint density at radius 3 is 2.48 bits per heavy atom. The highest BCUT2D eigenvalue weighted by molar-refractivity contribution is 7.91. The van der Waals surface area contributed by atoms with Gasteiger partial charge >= 0.3 is 10.0 Å². The molecule has 152 valence electrons. The van der Waals surface area contributed by atoms with Crippen molar-refractivity contribution in [1.29, 1.82) is 0 Å². The summed E-state index contributed by atoms with van der Waals surface area (Å²) in [4.78, 5) is 11.4. The molecule has 6 nitrogen and oxygen atoms in total. The first kappa shape index (κ1) is 21.0. The second-order valence-electron chi connectivity index (χ2n) is 6.97. The Morgan fingerprint density at radius 2 is 1.83 bits per heavy atom. The Hall–Kier alpha value is -2.74. The summed E-state index contributed by atoms with van der Waals surface area (Å²) < 4.78 is 26.0. The molecule has 3 N–H and O–H groups in total. The number of carbonyl (C=O) groups is 1. The van der Waals surface area contributed by atoms with Crippen molar-refractivity contribution in [2.24, 2.45) is 5.73 Å². The minimum absolute atomic E-state index is 0.0113. The fourth-order valence-electron chi connectivity index (χ4n) is 3.51. The van der Waals surface area contributed by atoms with Crippen molar-refractivity contribution in [2.45, 2.75) is 13.8 Å². The van der Waals surface area contributed by atoms with Crippen LogP contribution in [0.2, 0.25) is 0 Å². The van der Waals surface area contributed by atoms with Crippen LogP contribution in [0.4, 0.5) is 11.4 Å². The van der Waals surface area contributed by atoms with Crippen LogP contribution < -0.4 is 14.9 Å². The molecule has 3 rings (SSSR count). The monoisotopic (exact) mass is 412 g/mol. The third-order valence-electron chi connectivity index (χ3n) is 4.98. The number of benzene rings is 2. The molecule has 29 heavy (non-hydrogen) atoms. The number of rotatable bonds is 6. The van der Waals surface area contributed by atoms with E-state index < -0.39 is 10.0 Å². The maximum atomic E-state index is 13.2. The van der Waals surface area contributed by atoms with Crippen LogP contribution in [0.5, 0.6) is 0 Å². The first-order chi connectivity index (χ1) is 13.8. The molecule has 0 aliphatic carbocycles.